The van der Waals surface area contributed by atoms with Crippen molar-refractivity contribution in [3.63, 3.8) is 0 Å². The quantitative estimate of drug-likeness (QED) is 0.812. The molecule has 0 fully saturated rings. The minimum Gasteiger partial charge on any atom is -0.496 e. The molecular formula is C11H15N5OS. The smallest absolute Gasteiger partial charge is 0.209 e. The first-order chi connectivity index (χ1) is 8.74. The number of aryl methyl sites for hydroxylation is 1. The lowest BCUT2D eigenvalue weighted by atomic mass is 10.1. The van der Waals surface area contributed by atoms with Crippen molar-refractivity contribution in [2.24, 2.45) is 12.8 Å². The van der Waals surface area contributed by atoms with Crippen molar-refractivity contribution in [2.75, 3.05) is 7.11 Å². The predicted octanol–water partition coefficient (Wildman–Crippen LogP) is 0.970. The van der Waals surface area contributed by atoms with Crippen molar-refractivity contribution in [1.82, 2.24) is 20.2 Å². The average Bonchev–Trinajstić information content (AvgIpc) is 2.81. The van der Waals surface area contributed by atoms with Gasteiger partial charge in [-0.15, -0.1) is 5.10 Å². The maximum absolute atomic E-state index is 5.69. The standard InChI is InChI=1S/C11H15N5OS/c1-16-11(13-14-15-16)18-7-8-3-4-10(17-2)9(5-8)6-12/h3-5H,6-7,12H2,1-2H3. The summed E-state index contributed by atoms with van der Waals surface area (Å²) >= 11 is 1.58. The van der Waals surface area contributed by atoms with Crippen LogP contribution in [0.2, 0.25) is 0 Å². The third kappa shape index (κ3) is 2.80. The molecule has 0 bridgehead atoms. The highest BCUT2D eigenvalue weighted by Gasteiger charge is 2.06. The second kappa shape index (κ2) is 5.83. The molecule has 2 rings (SSSR count). The summed E-state index contributed by atoms with van der Waals surface area (Å²) < 4.78 is 6.89. The van der Waals surface area contributed by atoms with Crippen LogP contribution in [0.3, 0.4) is 0 Å². The van der Waals surface area contributed by atoms with Crippen LogP contribution in [0.1, 0.15) is 11.1 Å². The van der Waals surface area contributed by atoms with Gasteiger partial charge in [0.05, 0.1) is 7.11 Å². The Balaban J connectivity index is 2.08. The van der Waals surface area contributed by atoms with E-state index < -0.39 is 0 Å². The first kappa shape index (κ1) is 12.8. The van der Waals surface area contributed by atoms with Gasteiger partial charge in [-0.1, -0.05) is 17.8 Å². The number of tetrazole rings is 1. The lowest BCUT2D eigenvalue weighted by Crippen LogP contribution is -2.01. The number of nitrogens with zero attached hydrogens (tertiary/aromatic N) is 4. The van der Waals surface area contributed by atoms with E-state index in [0.717, 1.165) is 22.2 Å². The van der Waals surface area contributed by atoms with Crippen LogP contribution in [0.15, 0.2) is 23.4 Å². The molecule has 0 atom stereocenters. The molecule has 6 nitrogen and oxygen atoms in total. The van der Waals surface area contributed by atoms with Crippen LogP contribution >= 0.6 is 11.8 Å². The van der Waals surface area contributed by atoms with Gasteiger partial charge in [0.1, 0.15) is 5.75 Å². The first-order valence-electron chi connectivity index (χ1n) is 5.45. The Hall–Kier alpha value is -1.60. The lowest BCUT2D eigenvalue weighted by molar-refractivity contribution is 0.409. The van der Waals surface area contributed by atoms with Gasteiger partial charge in [-0.3, -0.25) is 0 Å². The Bertz CT molecular complexity index is 528. The fourth-order valence-electron chi connectivity index (χ4n) is 1.57. The third-order valence-corrected chi connectivity index (χ3v) is 3.60. The van der Waals surface area contributed by atoms with Crippen LogP contribution in [-0.4, -0.2) is 27.3 Å². The van der Waals surface area contributed by atoms with Gasteiger partial charge in [-0.25, -0.2) is 4.68 Å². The molecule has 0 unspecified atom stereocenters. The van der Waals surface area contributed by atoms with Crippen LogP contribution in [0.4, 0.5) is 0 Å². The summed E-state index contributed by atoms with van der Waals surface area (Å²) in [6.07, 6.45) is 0. The van der Waals surface area contributed by atoms with E-state index in [4.69, 9.17) is 10.5 Å². The Morgan fingerprint density at radius 2 is 2.28 bits per heavy atom. The van der Waals surface area contributed by atoms with E-state index in [2.05, 4.69) is 21.6 Å². The zero-order valence-corrected chi connectivity index (χ0v) is 11.1. The summed E-state index contributed by atoms with van der Waals surface area (Å²) in [5.41, 5.74) is 7.86. The highest BCUT2D eigenvalue weighted by Crippen LogP contribution is 2.24. The molecule has 0 aliphatic heterocycles. The van der Waals surface area contributed by atoms with Crippen LogP contribution in [0.5, 0.6) is 5.75 Å². The van der Waals surface area contributed by atoms with Crippen molar-refractivity contribution in [2.45, 2.75) is 17.5 Å². The zero-order valence-electron chi connectivity index (χ0n) is 10.3. The van der Waals surface area contributed by atoms with Crippen molar-refractivity contribution in [3.8, 4) is 5.75 Å². The van der Waals surface area contributed by atoms with E-state index in [1.165, 1.54) is 5.56 Å². The molecule has 0 saturated carbocycles. The normalized spacial score (nSPS) is 10.6. The summed E-state index contributed by atoms with van der Waals surface area (Å²) in [6.45, 7) is 0.465. The number of methoxy groups -OCH3 is 1. The van der Waals surface area contributed by atoms with Crippen LogP contribution in [0.25, 0.3) is 0 Å². The molecule has 18 heavy (non-hydrogen) atoms. The molecule has 0 spiro atoms. The topological polar surface area (TPSA) is 78.9 Å². The molecule has 2 N–H and O–H groups in total. The Morgan fingerprint density at radius 3 is 2.89 bits per heavy atom. The van der Waals surface area contributed by atoms with E-state index >= 15 is 0 Å². The number of benzene rings is 1. The number of thioether (sulfide) groups is 1. The van der Waals surface area contributed by atoms with E-state index in [1.807, 2.05) is 19.2 Å². The second-order valence-electron chi connectivity index (χ2n) is 3.72. The van der Waals surface area contributed by atoms with Crippen LogP contribution < -0.4 is 10.5 Å². The predicted molar refractivity (Wildman–Crippen MR) is 69.2 cm³/mol. The van der Waals surface area contributed by atoms with Gasteiger partial charge in [0.2, 0.25) is 5.16 Å². The van der Waals surface area contributed by atoms with Gasteiger partial charge < -0.3 is 10.5 Å². The summed E-state index contributed by atoms with van der Waals surface area (Å²) in [7, 11) is 3.47. The summed E-state index contributed by atoms with van der Waals surface area (Å²) in [4.78, 5) is 0. The SMILES string of the molecule is COc1ccc(CSc2nnnn2C)cc1CN. The average molecular weight is 265 g/mol. The molecular weight excluding hydrogens is 250 g/mol. The zero-order chi connectivity index (χ0) is 13.0. The van der Waals surface area contributed by atoms with Crippen molar-refractivity contribution < 1.29 is 4.74 Å². The molecule has 0 radical (unpaired) electrons. The largest absolute Gasteiger partial charge is 0.496 e. The Morgan fingerprint density at radius 1 is 1.44 bits per heavy atom. The van der Waals surface area contributed by atoms with Gasteiger partial charge in [0.15, 0.2) is 0 Å². The summed E-state index contributed by atoms with van der Waals surface area (Å²) in [6, 6.07) is 6.01. The maximum atomic E-state index is 5.69. The minimum absolute atomic E-state index is 0.465. The number of rotatable bonds is 5. The molecule has 2 aromatic rings. The fourth-order valence-corrected chi connectivity index (χ4v) is 2.37. The van der Waals surface area contributed by atoms with Crippen molar-refractivity contribution in [3.05, 3.63) is 29.3 Å². The summed E-state index contributed by atoms with van der Waals surface area (Å²) in [5.74, 6) is 1.62. The monoisotopic (exact) mass is 265 g/mol. The summed E-state index contributed by atoms with van der Waals surface area (Å²) in [5, 5.41) is 12.1. The molecule has 1 aromatic heterocycles. The molecule has 0 amide bonds. The lowest BCUT2D eigenvalue weighted by Gasteiger charge is -2.08. The van der Waals surface area contributed by atoms with E-state index in [-0.39, 0.29) is 0 Å². The van der Waals surface area contributed by atoms with Crippen LogP contribution in [0, 0.1) is 0 Å². The van der Waals surface area contributed by atoms with Gasteiger partial charge in [0.25, 0.3) is 0 Å². The Labute approximate surface area is 110 Å². The number of nitrogens with two attached hydrogens (primary N) is 1. The number of hydrogen-bond donors (Lipinski definition) is 1. The van der Waals surface area contributed by atoms with Crippen molar-refractivity contribution in [1.29, 1.82) is 0 Å². The minimum atomic E-state index is 0.465. The second-order valence-corrected chi connectivity index (χ2v) is 4.67. The third-order valence-electron chi connectivity index (χ3n) is 2.51. The molecule has 0 saturated heterocycles. The molecule has 0 aliphatic rings. The highest BCUT2D eigenvalue weighted by atomic mass is 32.2. The van der Waals surface area contributed by atoms with Crippen LogP contribution in [-0.2, 0) is 19.3 Å². The van der Waals surface area contributed by atoms with Gasteiger partial charge in [0, 0.05) is 24.9 Å². The van der Waals surface area contributed by atoms with E-state index in [1.54, 1.807) is 23.6 Å². The molecule has 96 valence electrons. The van der Waals surface area contributed by atoms with E-state index in [0.29, 0.717) is 6.54 Å². The van der Waals surface area contributed by atoms with Gasteiger partial charge in [-0.05, 0) is 28.1 Å². The first-order valence-corrected chi connectivity index (χ1v) is 6.44. The number of hydrogen-bond acceptors (Lipinski definition) is 6. The Kier molecular flexibility index (Phi) is 4.16. The van der Waals surface area contributed by atoms with Gasteiger partial charge in [-0.2, -0.15) is 0 Å². The number of ether oxygens (including phenoxy) is 1. The molecule has 1 heterocycles. The maximum Gasteiger partial charge on any atom is 0.209 e. The van der Waals surface area contributed by atoms with Crippen molar-refractivity contribution >= 4 is 11.8 Å². The molecule has 7 heteroatoms. The molecule has 0 aliphatic carbocycles. The molecule has 1 aromatic carbocycles. The highest BCUT2D eigenvalue weighted by molar-refractivity contribution is 7.98. The van der Waals surface area contributed by atoms with Gasteiger partial charge >= 0.3 is 0 Å². The fraction of sp³-hybridized carbons (Fsp3) is 0.364. The van der Waals surface area contributed by atoms with E-state index in [9.17, 15) is 0 Å². The number of aromatic nitrogens is 4.